The van der Waals surface area contributed by atoms with Crippen LogP contribution in [0.2, 0.25) is 0 Å². The number of nitrogens with zero attached hydrogens (tertiary/aromatic N) is 2. The number of benzene rings is 1. The van der Waals surface area contributed by atoms with Gasteiger partial charge >= 0.3 is 0 Å². The number of fused-ring (bicyclic) bond motifs is 1. The second kappa shape index (κ2) is 7.17. The van der Waals surface area contributed by atoms with Crippen molar-refractivity contribution in [2.24, 2.45) is 0 Å². The molecule has 0 atom stereocenters. The number of pyridine rings is 1. The summed E-state index contributed by atoms with van der Waals surface area (Å²) in [4.78, 5) is 16.7. The Balaban J connectivity index is 1.61. The van der Waals surface area contributed by atoms with Crippen LogP contribution in [0, 0.1) is 6.92 Å². The third-order valence-electron chi connectivity index (χ3n) is 3.88. The van der Waals surface area contributed by atoms with Gasteiger partial charge in [-0.15, -0.1) is 0 Å². The lowest BCUT2D eigenvalue weighted by Crippen LogP contribution is -2.25. The molecule has 0 radical (unpaired) electrons. The Morgan fingerprint density at radius 1 is 1.21 bits per heavy atom. The Morgan fingerprint density at radius 3 is 2.75 bits per heavy atom. The number of rotatable bonds is 6. The van der Waals surface area contributed by atoms with E-state index >= 15 is 0 Å². The molecule has 3 aromatic rings. The van der Waals surface area contributed by atoms with Crippen molar-refractivity contribution in [3.8, 4) is 5.75 Å². The highest BCUT2D eigenvalue weighted by atomic mass is 16.5. The number of carbonyl (C=O) groups excluding carboxylic acids is 1. The van der Waals surface area contributed by atoms with E-state index in [1.165, 1.54) is 0 Å². The number of hydrogen-bond donors (Lipinski definition) is 1. The molecule has 3 rings (SSSR count). The summed E-state index contributed by atoms with van der Waals surface area (Å²) in [6, 6.07) is 13.5. The molecule has 0 spiro atoms. The Hall–Kier alpha value is -2.82. The molecule has 0 fully saturated rings. The number of nitrogens with one attached hydrogen (secondary N) is 1. The first kappa shape index (κ1) is 16.1. The summed E-state index contributed by atoms with van der Waals surface area (Å²) in [5, 5.41) is 2.98. The molecule has 2 aromatic heterocycles. The van der Waals surface area contributed by atoms with Crippen molar-refractivity contribution >= 4 is 11.6 Å². The Kier molecular flexibility index (Phi) is 4.79. The summed E-state index contributed by atoms with van der Waals surface area (Å²) in [7, 11) is 0. The van der Waals surface area contributed by atoms with Crippen molar-refractivity contribution in [1.29, 1.82) is 0 Å². The number of hydrogen-bond acceptors (Lipinski definition) is 3. The molecule has 0 aliphatic heterocycles. The first-order valence-electron chi connectivity index (χ1n) is 8.08. The molecular formula is C19H21N3O2. The third kappa shape index (κ3) is 3.56. The summed E-state index contributed by atoms with van der Waals surface area (Å²) in [6.45, 7) is 5.01. The van der Waals surface area contributed by atoms with Crippen LogP contribution >= 0.6 is 0 Å². The van der Waals surface area contributed by atoms with E-state index in [0.29, 0.717) is 19.6 Å². The molecule has 1 aromatic carbocycles. The molecular weight excluding hydrogens is 302 g/mol. The standard InChI is InChI=1S/C19H21N3O2/c1-3-24-16-9-7-15(8-10-16)12-19(23)20-13-17-14(2)21-18-6-4-5-11-22(17)18/h4-11H,3,12-13H2,1-2H3,(H,20,23). The van der Waals surface area contributed by atoms with Gasteiger partial charge in [-0.1, -0.05) is 18.2 Å². The van der Waals surface area contributed by atoms with Gasteiger partial charge in [-0.05, 0) is 43.7 Å². The van der Waals surface area contributed by atoms with Gasteiger partial charge in [0.2, 0.25) is 5.91 Å². The topological polar surface area (TPSA) is 55.6 Å². The number of aromatic nitrogens is 2. The third-order valence-corrected chi connectivity index (χ3v) is 3.88. The lowest BCUT2D eigenvalue weighted by Gasteiger charge is -2.07. The molecule has 5 heteroatoms. The quantitative estimate of drug-likeness (QED) is 0.759. The number of ether oxygens (including phenoxy) is 1. The minimum Gasteiger partial charge on any atom is -0.494 e. The maximum absolute atomic E-state index is 12.2. The average molecular weight is 323 g/mol. The number of amides is 1. The van der Waals surface area contributed by atoms with Crippen LogP contribution in [-0.4, -0.2) is 21.9 Å². The van der Waals surface area contributed by atoms with E-state index < -0.39 is 0 Å². The van der Waals surface area contributed by atoms with Crippen LogP contribution in [0.1, 0.15) is 23.9 Å². The van der Waals surface area contributed by atoms with Gasteiger partial charge in [0.15, 0.2) is 0 Å². The van der Waals surface area contributed by atoms with Crippen molar-refractivity contribution in [2.45, 2.75) is 26.8 Å². The molecule has 0 aliphatic carbocycles. The fourth-order valence-electron chi connectivity index (χ4n) is 2.68. The van der Waals surface area contributed by atoms with Gasteiger partial charge in [-0.3, -0.25) is 4.79 Å². The summed E-state index contributed by atoms with van der Waals surface area (Å²) >= 11 is 0. The molecule has 0 saturated carbocycles. The van der Waals surface area contributed by atoms with E-state index in [1.54, 1.807) is 0 Å². The first-order valence-corrected chi connectivity index (χ1v) is 8.08. The van der Waals surface area contributed by atoms with E-state index in [4.69, 9.17) is 4.74 Å². The lowest BCUT2D eigenvalue weighted by atomic mass is 10.1. The van der Waals surface area contributed by atoms with Crippen LogP contribution < -0.4 is 10.1 Å². The maximum Gasteiger partial charge on any atom is 0.224 e. The van der Waals surface area contributed by atoms with E-state index in [1.807, 2.05) is 66.9 Å². The predicted molar refractivity (Wildman–Crippen MR) is 93.1 cm³/mol. The molecule has 124 valence electrons. The Morgan fingerprint density at radius 2 is 2.00 bits per heavy atom. The van der Waals surface area contributed by atoms with Gasteiger partial charge in [0, 0.05) is 6.20 Å². The molecule has 0 aliphatic rings. The summed E-state index contributed by atoms with van der Waals surface area (Å²) in [5.74, 6) is 0.812. The minimum atomic E-state index is -0.00978. The van der Waals surface area contributed by atoms with Crippen molar-refractivity contribution in [3.05, 3.63) is 65.6 Å². The fraction of sp³-hybridized carbons (Fsp3) is 0.263. The molecule has 2 heterocycles. The Bertz CT molecular complexity index is 837. The molecule has 0 bridgehead atoms. The number of imidazole rings is 1. The molecule has 0 unspecified atom stereocenters. The van der Waals surface area contributed by atoms with Crippen molar-refractivity contribution < 1.29 is 9.53 Å². The smallest absolute Gasteiger partial charge is 0.224 e. The van der Waals surface area contributed by atoms with Crippen LogP contribution in [0.4, 0.5) is 0 Å². The zero-order valence-electron chi connectivity index (χ0n) is 14.0. The van der Waals surface area contributed by atoms with Crippen LogP contribution in [0.25, 0.3) is 5.65 Å². The van der Waals surface area contributed by atoms with Crippen LogP contribution in [0.3, 0.4) is 0 Å². The van der Waals surface area contributed by atoms with Crippen LogP contribution in [0.15, 0.2) is 48.7 Å². The normalized spacial score (nSPS) is 10.8. The highest BCUT2D eigenvalue weighted by Gasteiger charge is 2.10. The fourth-order valence-corrected chi connectivity index (χ4v) is 2.68. The molecule has 0 saturated heterocycles. The van der Waals surface area contributed by atoms with Gasteiger partial charge in [0.1, 0.15) is 11.4 Å². The van der Waals surface area contributed by atoms with E-state index in [9.17, 15) is 4.79 Å². The second-order valence-corrected chi connectivity index (χ2v) is 5.60. The zero-order chi connectivity index (χ0) is 16.9. The largest absolute Gasteiger partial charge is 0.494 e. The predicted octanol–water partition coefficient (Wildman–Crippen LogP) is 2.90. The zero-order valence-corrected chi connectivity index (χ0v) is 14.0. The summed E-state index contributed by atoms with van der Waals surface area (Å²) < 4.78 is 7.41. The average Bonchev–Trinajstić information content (AvgIpc) is 2.90. The maximum atomic E-state index is 12.2. The van der Waals surface area contributed by atoms with Gasteiger partial charge < -0.3 is 14.5 Å². The van der Waals surface area contributed by atoms with E-state index in [-0.39, 0.29) is 5.91 Å². The van der Waals surface area contributed by atoms with Crippen molar-refractivity contribution in [3.63, 3.8) is 0 Å². The van der Waals surface area contributed by atoms with Gasteiger partial charge in [-0.25, -0.2) is 4.98 Å². The Labute approximate surface area is 141 Å². The highest BCUT2D eigenvalue weighted by Crippen LogP contribution is 2.13. The van der Waals surface area contributed by atoms with E-state index in [0.717, 1.165) is 28.3 Å². The van der Waals surface area contributed by atoms with Crippen LogP contribution in [-0.2, 0) is 17.8 Å². The van der Waals surface area contributed by atoms with Crippen molar-refractivity contribution in [1.82, 2.24) is 14.7 Å². The molecule has 24 heavy (non-hydrogen) atoms. The number of carbonyl (C=O) groups is 1. The highest BCUT2D eigenvalue weighted by molar-refractivity contribution is 5.78. The lowest BCUT2D eigenvalue weighted by molar-refractivity contribution is -0.120. The monoisotopic (exact) mass is 323 g/mol. The van der Waals surface area contributed by atoms with Crippen LogP contribution in [0.5, 0.6) is 5.75 Å². The van der Waals surface area contributed by atoms with Gasteiger partial charge in [0.05, 0.1) is 31.0 Å². The van der Waals surface area contributed by atoms with E-state index in [2.05, 4.69) is 10.3 Å². The van der Waals surface area contributed by atoms with Crippen molar-refractivity contribution in [2.75, 3.05) is 6.61 Å². The molecule has 1 N–H and O–H groups in total. The second-order valence-electron chi connectivity index (χ2n) is 5.60. The SMILES string of the molecule is CCOc1ccc(CC(=O)NCc2c(C)nc3ccccn23)cc1. The summed E-state index contributed by atoms with van der Waals surface area (Å²) in [6.07, 6.45) is 2.31. The number of aryl methyl sites for hydroxylation is 1. The molecule has 1 amide bonds. The molecule has 5 nitrogen and oxygen atoms in total. The summed E-state index contributed by atoms with van der Waals surface area (Å²) in [5.41, 5.74) is 3.80. The van der Waals surface area contributed by atoms with Gasteiger partial charge in [-0.2, -0.15) is 0 Å². The first-order chi connectivity index (χ1) is 11.7. The minimum absolute atomic E-state index is 0.00978. The van der Waals surface area contributed by atoms with Gasteiger partial charge in [0.25, 0.3) is 0 Å².